The van der Waals surface area contributed by atoms with Gasteiger partial charge in [0.05, 0.1) is 0 Å². The molecule has 4 N–H and O–H groups in total. The first kappa shape index (κ1) is 23.6. The molecule has 3 aromatic carbocycles. The summed E-state index contributed by atoms with van der Waals surface area (Å²) in [6.07, 6.45) is 2.68. The molecule has 6 nitrogen and oxygen atoms in total. The lowest BCUT2D eigenvalue weighted by Crippen LogP contribution is -2.38. The molecule has 2 amide bonds. The van der Waals surface area contributed by atoms with Crippen molar-refractivity contribution in [2.75, 3.05) is 6.54 Å². The van der Waals surface area contributed by atoms with Crippen LogP contribution in [0.1, 0.15) is 29.5 Å². The van der Waals surface area contributed by atoms with Gasteiger partial charge in [-0.3, -0.25) is 4.79 Å². The number of carbonyl (C=O) groups is 2. The predicted molar refractivity (Wildman–Crippen MR) is 127 cm³/mol. The highest BCUT2D eigenvalue weighted by Crippen LogP contribution is 2.25. The van der Waals surface area contributed by atoms with Crippen LogP contribution in [0.3, 0.4) is 0 Å². The van der Waals surface area contributed by atoms with Gasteiger partial charge in [0.1, 0.15) is 12.6 Å². The fourth-order valence-electron chi connectivity index (χ4n) is 3.64. The molecule has 7 heteroatoms. The van der Waals surface area contributed by atoms with Crippen LogP contribution in [0, 0.1) is 0 Å². The first-order valence-corrected chi connectivity index (χ1v) is 11.1. The Balaban J connectivity index is 1.49. The maximum atomic E-state index is 11.8. The van der Waals surface area contributed by atoms with Gasteiger partial charge in [0, 0.05) is 6.54 Å². The number of hydrogen-bond acceptors (Lipinski definition) is 4. The van der Waals surface area contributed by atoms with Gasteiger partial charge in [0.25, 0.3) is 0 Å². The van der Waals surface area contributed by atoms with Crippen LogP contribution >= 0.6 is 11.8 Å². The van der Waals surface area contributed by atoms with Crippen LogP contribution in [-0.4, -0.2) is 24.6 Å². The van der Waals surface area contributed by atoms with Crippen molar-refractivity contribution in [1.82, 2.24) is 10.2 Å². The van der Waals surface area contributed by atoms with Crippen molar-refractivity contribution in [3.63, 3.8) is 0 Å². The largest absolute Gasteiger partial charge is 0.445 e. The van der Waals surface area contributed by atoms with Crippen molar-refractivity contribution in [2.45, 2.75) is 38.3 Å². The number of nitrogens with two attached hydrogens (primary N) is 1. The molecule has 0 fully saturated rings. The van der Waals surface area contributed by atoms with Crippen LogP contribution in [0.2, 0.25) is 0 Å². The van der Waals surface area contributed by atoms with E-state index in [1.165, 1.54) is 5.56 Å². The minimum atomic E-state index is -0.626. The lowest BCUT2D eigenvalue weighted by atomic mass is 9.93. The zero-order valence-corrected chi connectivity index (χ0v) is 18.6. The highest BCUT2D eigenvalue weighted by atomic mass is 35.5. The van der Waals surface area contributed by atoms with Crippen molar-refractivity contribution >= 4 is 34.5 Å². The SMILES string of the molecule is NC(=O)[C@H](Cc1ccc(CCCCNC(=O)OCc2ccccc2)c2ccccc12)NCl. The Morgan fingerprint density at radius 3 is 2.25 bits per heavy atom. The number of alkyl carbamates (subject to hydrolysis) is 1. The van der Waals surface area contributed by atoms with E-state index in [-0.39, 0.29) is 6.61 Å². The maximum absolute atomic E-state index is 11.8. The Bertz CT molecular complexity index is 1040. The van der Waals surface area contributed by atoms with Gasteiger partial charge in [0.15, 0.2) is 0 Å². The second-order valence-corrected chi connectivity index (χ2v) is 7.86. The molecule has 0 saturated carbocycles. The number of benzene rings is 3. The van der Waals surface area contributed by atoms with Crippen LogP contribution in [0.25, 0.3) is 10.8 Å². The van der Waals surface area contributed by atoms with Gasteiger partial charge in [-0.1, -0.05) is 66.7 Å². The van der Waals surface area contributed by atoms with Crippen molar-refractivity contribution in [1.29, 1.82) is 0 Å². The zero-order valence-electron chi connectivity index (χ0n) is 17.9. The number of halogens is 1. The van der Waals surface area contributed by atoms with E-state index < -0.39 is 18.0 Å². The third kappa shape index (κ3) is 6.70. The first-order chi connectivity index (χ1) is 15.6. The number of unbranched alkanes of at least 4 members (excludes halogenated alkanes) is 1. The molecule has 32 heavy (non-hydrogen) atoms. The Morgan fingerprint density at radius 2 is 1.56 bits per heavy atom. The number of primary amides is 1. The summed E-state index contributed by atoms with van der Waals surface area (Å²) in [5.74, 6) is -0.483. The number of nitrogens with one attached hydrogen (secondary N) is 2. The molecular formula is C25H28ClN3O3. The molecule has 0 bridgehead atoms. The van der Waals surface area contributed by atoms with Crippen LogP contribution in [0.4, 0.5) is 4.79 Å². The summed E-state index contributed by atoms with van der Waals surface area (Å²) in [6, 6.07) is 21.2. The van der Waals surface area contributed by atoms with Gasteiger partial charge in [-0.05, 0) is 64.9 Å². The monoisotopic (exact) mass is 453 g/mol. The number of hydrogen-bond donors (Lipinski definition) is 3. The molecule has 168 valence electrons. The van der Waals surface area contributed by atoms with Gasteiger partial charge in [0.2, 0.25) is 5.91 Å². The molecular weight excluding hydrogens is 426 g/mol. The quantitative estimate of drug-likeness (QED) is 0.299. The molecule has 0 aliphatic rings. The van der Waals surface area contributed by atoms with E-state index in [2.05, 4.69) is 22.3 Å². The van der Waals surface area contributed by atoms with Gasteiger partial charge in [-0.15, -0.1) is 0 Å². The predicted octanol–water partition coefficient (Wildman–Crippen LogP) is 4.23. The molecule has 1 atom stereocenters. The Kier molecular flexibility index (Phi) is 8.90. The van der Waals surface area contributed by atoms with Crippen LogP contribution in [0.5, 0.6) is 0 Å². The molecule has 0 unspecified atom stereocenters. The van der Waals surface area contributed by atoms with E-state index in [4.69, 9.17) is 22.2 Å². The van der Waals surface area contributed by atoms with Gasteiger partial charge in [-0.25, -0.2) is 9.63 Å². The van der Waals surface area contributed by atoms with E-state index >= 15 is 0 Å². The van der Waals surface area contributed by atoms with Gasteiger partial charge in [-0.2, -0.15) is 0 Å². The highest BCUT2D eigenvalue weighted by molar-refractivity contribution is 6.15. The zero-order chi connectivity index (χ0) is 22.8. The molecule has 0 aromatic heterocycles. The molecule has 3 rings (SSSR count). The first-order valence-electron chi connectivity index (χ1n) is 10.7. The minimum absolute atomic E-state index is 0.265. The van der Waals surface area contributed by atoms with Crippen molar-refractivity contribution in [3.05, 3.63) is 83.4 Å². The van der Waals surface area contributed by atoms with Crippen LogP contribution < -0.4 is 15.9 Å². The third-order valence-corrected chi connectivity index (χ3v) is 5.62. The third-order valence-electron chi connectivity index (χ3n) is 5.36. The number of rotatable bonds is 11. The van der Waals surface area contributed by atoms with Gasteiger partial charge >= 0.3 is 6.09 Å². The number of fused-ring (bicyclic) bond motifs is 1. The summed E-state index contributed by atoms with van der Waals surface area (Å²) >= 11 is 5.68. The lowest BCUT2D eigenvalue weighted by Gasteiger charge is -2.15. The van der Waals surface area contributed by atoms with Crippen LogP contribution in [-0.2, 0) is 29.0 Å². The van der Waals surface area contributed by atoms with Crippen molar-refractivity contribution in [2.24, 2.45) is 5.73 Å². The average Bonchev–Trinajstić information content (AvgIpc) is 2.82. The van der Waals surface area contributed by atoms with E-state index in [9.17, 15) is 9.59 Å². The molecule has 0 aliphatic carbocycles. The normalized spacial score (nSPS) is 11.8. The van der Waals surface area contributed by atoms with E-state index in [1.54, 1.807) is 0 Å². The minimum Gasteiger partial charge on any atom is -0.445 e. The summed E-state index contributed by atoms with van der Waals surface area (Å²) in [6.45, 7) is 0.826. The Hall–Kier alpha value is -3.09. The van der Waals surface area contributed by atoms with E-state index in [0.29, 0.717) is 13.0 Å². The molecule has 0 heterocycles. The number of carbonyl (C=O) groups excluding carboxylic acids is 2. The fourth-order valence-corrected chi connectivity index (χ4v) is 3.82. The van der Waals surface area contributed by atoms with E-state index in [1.807, 2.05) is 54.6 Å². The van der Waals surface area contributed by atoms with Crippen molar-refractivity contribution < 1.29 is 14.3 Å². The number of amides is 2. The molecule has 0 spiro atoms. The molecule has 0 saturated heterocycles. The second kappa shape index (κ2) is 12.1. The van der Waals surface area contributed by atoms with E-state index in [0.717, 1.165) is 41.2 Å². The number of aryl methyl sites for hydroxylation is 1. The molecule has 3 aromatic rings. The summed E-state index contributed by atoms with van der Waals surface area (Å²) in [5, 5.41) is 5.04. The average molecular weight is 454 g/mol. The standard InChI is InChI=1S/C25H28ClN3O3/c26-29-23(24(27)30)16-20-14-13-19(21-11-4-5-12-22(20)21)10-6-7-15-28-25(31)32-17-18-8-2-1-3-9-18/h1-5,8-9,11-14,23,29H,6-7,10,15-17H2,(H2,27,30)(H,28,31)/t23-/m0/s1. The summed E-state index contributed by atoms with van der Waals surface area (Å²) in [5.41, 5.74) is 8.61. The van der Waals surface area contributed by atoms with Crippen LogP contribution in [0.15, 0.2) is 66.7 Å². The smallest absolute Gasteiger partial charge is 0.407 e. The fraction of sp³-hybridized carbons (Fsp3) is 0.280. The molecule has 0 radical (unpaired) electrons. The Labute approximate surface area is 193 Å². The highest BCUT2D eigenvalue weighted by Gasteiger charge is 2.16. The summed E-state index contributed by atoms with van der Waals surface area (Å²) < 4.78 is 5.22. The number of ether oxygens (including phenoxy) is 1. The summed E-state index contributed by atoms with van der Waals surface area (Å²) in [4.78, 5) is 25.8. The molecule has 0 aliphatic heterocycles. The summed E-state index contributed by atoms with van der Waals surface area (Å²) in [7, 11) is 0. The van der Waals surface area contributed by atoms with Gasteiger partial charge < -0.3 is 15.8 Å². The van der Waals surface area contributed by atoms with Crippen molar-refractivity contribution in [3.8, 4) is 0 Å². The lowest BCUT2D eigenvalue weighted by molar-refractivity contribution is -0.119. The Morgan fingerprint density at radius 1 is 0.906 bits per heavy atom. The second-order valence-electron chi connectivity index (χ2n) is 7.64. The maximum Gasteiger partial charge on any atom is 0.407 e. The topological polar surface area (TPSA) is 93.5 Å².